The fraction of sp³-hybridized carbons (Fsp3) is 0.500. The maximum atomic E-state index is 13.9. The number of benzene rings is 1. The molecule has 1 aromatic carbocycles. The molecule has 7 heteroatoms. The Labute approximate surface area is 206 Å². The predicted molar refractivity (Wildman–Crippen MR) is 137 cm³/mol. The van der Waals surface area contributed by atoms with Crippen molar-refractivity contribution in [3.05, 3.63) is 48.2 Å². The molecule has 0 spiro atoms. The first-order chi connectivity index (χ1) is 17.0. The summed E-state index contributed by atoms with van der Waals surface area (Å²) >= 11 is 0. The normalized spacial score (nSPS) is 19.3. The molecule has 3 aromatic rings. The molecule has 2 fully saturated rings. The van der Waals surface area contributed by atoms with Crippen molar-refractivity contribution in [1.29, 1.82) is 0 Å². The highest BCUT2D eigenvalue weighted by Gasteiger charge is 2.31. The average Bonchev–Trinajstić information content (AvgIpc) is 3.33. The maximum absolute atomic E-state index is 13.9. The number of likely N-dealkylation sites (tertiary alicyclic amines) is 1. The van der Waals surface area contributed by atoms with Crippen LogP contribution >= 0.6 is 0 Å². The van der Waals surface area contributed by atoms with Gasteiger partial charge in [0.15, 0.2) is 5.65 Å². The van der Waals surface area contributed by atoms with Gasteiger partial charge in [0.05, 0.1) is 28.8 Å². The Balaban J connectivity index is 1.43. The van der Waals surface area contributed by atoms with Gasteiger partial charge in [-0.15, -0.1) is 0 Å². The van der Waals surface area contributed by atoms with Crippen molar-refractivity contribution in [2.24, 2.45) is 5.92 Å². The highest BCUT2D eigenvalue weighted by molar-refractivity contribution is 6.06. The first-order valence-electron chi connectivity index (χ1n) is 13.0. The van der Waals surface area contributed by atoms with Crippen LogP contribution in [0.1, 0.15) is 75.2 Å². The number of pyridine rings is 1. The van der Waals surface area contributed by atoms with Crippen molar-refractivity contribution in [2.45, 2.75) is 70.9 Å². The van der Waals surface area contributed by atoms with E-state index in [-0.39, 0.29) is 29.8 Å². The van der Waals surface area contributed by atoms with E-state index in [4.69, 9.17) is 4.98 Å². The second kappa shape index (κ2) is 10.2. The van der Waals surface area contributed by atoms with Crippen molar-refractivity contribution in [3.8, 4) is 11.3 Å². The number of carbonyl (C=O) groups excluding carboxylic acids is 2. The van der Waals surface area contributed by atoms with Gasteiger partial charge in [0.2, 0.25) is 5.91 Å². The summed E-state index contributed by atoms with van der Waals surface area (Å²) < 4.78 is 1.87. The van der Waals surface area contributed by atoms with E-state index >= 15 is 0 Å². The number of carbonyl (C=O) groups is 2. The van der Waals surface area contributed by atoms with Crippen LogP contribution in [0.4, 0.5) is 0 Å². The molecular formula is C28H35N5O2. The molecule has 2 amide bonds. The summed E-state index contributed by atoms with van der Waals surface area (Å²) in [5.74, 6) is -0.0983. The lowest BCUT2D eigenvalue weighted by atomic mass is 9.92. The van der Waals surface area contributed by atoms with E-state index in [1.807, 2.05) is 46.0 Å². The molecule has 0 radical (unpaired) electrons. The molecule has 1 unspecified atom stereocenters. The first kappa shape index (κ1) is 23.5. The molecule has 2 aliphatic rings. The number of amides is 2. The standard InChI is InChI=1S/C28H35N5O2/c1-19(2)33-26-24(17-29-33)23(16-25(31-26)20-10-5-3-6-11-20)28(35)32-15-9-12-21(18-32)27(34)30-22-13-7-4-8-14-22/h3,5-6,10-11,16-17,19,21-22H,4,7-9,12-15,18H2,1-2H3,(H,30,34). The fourth-order valence-electron chi connectivity index (χ4n) is 5.44. The van der Waals surface area contributed by atoms with E-state index in [0.29, 0.717) is 24.3 Å². The Kier molecular flexibility index (Phi) is 6.84. The maximum Gasteiger partial charge on any atom is 0.254 e. The minimum Gasteiger partial charge on any atom is -0.353 e. The van der Waals surface area contributed by atoms with E-state index in [9.17, 15) is 9.59 Å². The van der Waals surface area contributed by atoms with Gasteiger partial charge >= 0.3 is 0 Å². The largest absolute Gasteiger partial charge is 0.353 e. The summed E-state index contributed by atoms with van der Waals surface area (Å²) in [6.07, 6.45) is 9.18. The molecule has 1 saturated carbocycles. The van der Waals surface area contributed by atoms with Crippen LogP contribution in [-0.4, -0.2) is 50.6 Å². The summed E-state index contributed by atoms with van der Waals surface area (Å²) in [4.78, 5) is 33.6. The van der Waals surface area contributed by atoms with Crippen LogP contribution in [-0.2, 0) is 4.79 Å². The van der Waals surface area contributed by atoms with Gasteiger partial charge in [-0.2, -0.15) is 5.10 Å². The summed E-state index contributed by atoms with van der Waals surface area (Å²) in [6.45, 7) is 5.24. The molecule has 1 saturated heterocycles. The number of aromatic nitrogens is 3. The van der Waals surface area contributed by atoms with Crippen molar-refractivity contribution in [1.82, 2.24) is 25.0 Å². The number of nitrogens with one attached hydrogen (secondary N) is 1. The smallest absolute Gasteiger partial charge is 0.254 e. The quantitative estimate of drug-likeness (QED) is 0.567. The number of fused-ring (bicyclic) bond motifs is 1. The molecule has 2 aromatic heterocycles. The highest BCUT2D eigenvalue weighted by atomic mass is 16.2. The molecule has 7 nitrogen and oxygen atoms in total. The zero-order chi connectivity index (χ0) is 24.4. The van der Waals surface area contributed by atoms with Gasteiger partial charge in [0.1, 0.15) is 0 Å². The topological polar surface area (TPSA) is 80.1 Å². The number of nitrogens with zero attached hydrogens (tertiary/aromatic N) is 4. The Hall–Kier alpha value is -3.22. The van der Waals surface area contributed by atoms with Crippen LogP contribution in [0, 0.1) is 5.92 Å². The highest BCUT2D eigenvalue weighted by Crippen LogP contribution is 2.29. The van der Waals surface area contributed by atoms with E-state index in [2.05, 4.69) is 24.3 Å². The second-order valence-corrected chi connectivity index (χ2v) is 10.3. The van der Waals surface area contributed by atoms with Gasteiger partial charge in [0, 0.05) is 30.7 Å². The number of rotatable bonds is 5. The molecule has 184 valence electrons. The SMILES string of the molecule is CC(C)n1ncc2c(C(=O)N3CCCC(C(=O)NC4CCCCC4)C3)cc(-c3ccccc3)nc21. The lowest BCUT2D eigenvalue weighted by Gasteiger charge is -2.33. The monoisotopic (exact) mass is 473 g/mol. The van der Waals surface area contributed by atoms with Crippen LogP contribution < -0.4 is 5.32 Å². The number of hydrogen-bond acceptors (Lipinski definition) is 4. The van der Waals surface area contributed by atoms with Gasteiger partial charge in [-0.25, -0.2) is 9.67 Å². The molecule has 1 aliphatic carbocycles. The Morgan fingerprint density at radius 2 is 1.80 bits per heavy atom. The van der Waals surface area contributed by atoms with Crippen LogP contribution in [0.2, 0.25) is 0 Å². The average molecular weight is 474 g/mol. The second-order valence-electron chi connectivity index (χ2n) is 10.3. The van der Waals surface area contributed by atoms with Gasteiger partial charge in [-0.1, -0.05) is 49.6 Å². The molecule has 3 heterocycles. The molecule has 5 rings (SSSR count). The van der Waals surface area contributed by atoms with Gasteiger partial charge in [-0.3, -0.25) is 9.59 Å². The minimum atomic E-state index is -0.154. The van der Waals surface area contributed by atoms with Gasteiger partial charge in [0.25, 0.3) is 5.91 Å². The Bertz CT molecular complexity index is 1200. The van der Waals surface area contributed by atoms with E-state index in [0.717, 1.165) is 42.3 Å². The molecule has 1 atom stereocenters. The summed E-state index contributed by atoms with van der Waals surface area (Å²) in [5, 5.41) is 8.57. The third kappa shape index (κ3) is 4.95. The minimum absolute atomic E-state index is 0.0481. The molecule has 35 heavy (non-hydrogen) atoms. The zero-order valence-corrected chi connectivity index (χ0v) is 20.7. The van der Waals surface area contributed by atoms with Crippen LogP contribution in [0.3, 0.4) is 0 Å². The molecule has 1 N–H and O–H groups in total. The molecule has 1 aliphatic heterocycles. The van der Waals surface area contributed by atoms with E-state index in [1.54, 1.807) is 6.20 Å². The predicted octanol–water partition coefficient (Wildman–Crippen LogP) is 4.98. The first-order valence-corrected chi connectivity index (χ1v) is 13.0. The van der Waals surface area contributed by atoms with Gasteiger partial charge in [-0.05, 0) is 45.6 Å². The van der Waals surface area contributed by atoms with Crippen LogP contribution in [0.25, 0.3) is 22.3 Å². The third-order valence-corrected chi connectivity index (χ3v) is 7.39. The van der Waals surface area contributed by atoms with E-state index < -0.39 is 0 Å². The lowest BCUT2D eigenvalue weighted by Crippen LogP contribution is -2.48. The fourth-order valence-corrected chi connectivity index (χ4v) is 5.44. The lowest BCUT2D eigenvalue weighted by molar-refractivity contribution is -0.127. The Morgan fingerprint density at radius 1 is 1.03 bits per heavy atom. The van der Waals surface area contributed by atoms with E-state index in [1.165, 1.54) is 19.3 Å². The Morgan fingerprint density at radius 3 is 2.54 bits per heavy atom. The van der Waals surface area contributed by atoms with Crippen LogP contribution in [0.15, 0.2) is 42.6 Å². The van der Waals surface area contributed by atoms with Crippen molar-refractivity contribution in [2.75, 3.05) is 13.1 Å². The van der Waals surface area contributed by atoms with Crippen molar-refractivity contribution in [3.63, 3.8) is 0 Å². The summed E-state index contributed by atoms with van der Waals surface area (Å²) in [7, 11) is 0. The molecule has 0 bridgehead atoms. The third-order valence-electron chi connectivity index (χ3n) is 7.39. The van der Waals surface area contributed by atoms with Crippen molar-refractivity contribution >= 4 is 22.8 Å². The number of piperidine rings is 1. The van der Waals surface area contributed by atoms with Crippen LogP contribution in [0.5, 0.6) is 0 Å². The zero-order valence-electron chi connectivity index (χ0n) is 20.7. The molecular weight excluding hydrogens is 438 g/mol. The summed E-state index contributed by atoms with van der Waals surface area (Å²) in [6, 6.07) is 12.2. The van der Waals surface area contributed by atoms with Gasteiger partial charge < -0.3 is 10.2 Å². The van der Waals surface area contributed by atoms with Crippen molar-refractivity contribution < 1.29 is 9.59 Å². The summed E-state index contributed by atoms with van der Waals surface area (Å²) in [5.41, 5.74) is 3.04. The number of hydrogen-bond donors (Lipinski definition) is 1.